The van der Waals surface area contributed by atoms with E-state index in [1.54, 1.807) is 35.8 Å². The largest absolute Gasteiger partial charge is 0.478 e. The number of pyridine rings is 1. The van der Waals surface area contributed by atoms with Gasteiger partial charge in [0.25, 0.3) is 5.56 Å². The molecule has 0 bridgehead atoms. The lowest BCUT2D eigenvalue weighted by atomic mass is 10.1. The number of rotatable bonds is 4. The molecule has 1 aromatic carbocycles. The van der Waals surface area contributed by atoms with Gasteiger partial charge in [-0.15, -0.1) is 0 Å². The topological polar surface area (TPSA) is 59.3 Å². The molecule has 0 aliphatic heterocycles. The molecule has 1 aromatic heterocycles. The van der Waals surface area contributed by atoms with Crippen LogP contribution in [0.1, 0.15) is 27.2 Å². The Morgan fingerprint density at radius 2 is 1.75 bits per heavy atom. The van der Waals surface area contributed by atoms with Crippen molar-refractivity contribution in [3.63, 3.8) is 0 Å². The van der Waals surface area contributed by atoms with Gasteiger partial charge in [0.2, 0.25) is 0 Å². The average molecular weight is 271 g/mol. The smallest absolute Gasteiger partial charge is 0.335 e. The zero-order valence-corrected chi connectivity index (χ0v) is 11.6. The van der Waals surface area contributed by atoms with Crippen LogP contribution in [0.2, 0.25) is 0 Å². The molecule has 0 unspecified atom stereocenters. The molecule has 0 atom stereocenters. The van der Waals surface area contributed by atoms with Crippen LogP contribution >= 0.6 is 0 Å². The minimum absolute atomic E-state index is 0.0344. The molecule has 104 valence electrons. The van der Waals surface area contributed by atoms with E-state index >= 15 is 0 Å². The molecule has 1 N–H and O–H groups in total. The van der Waals surface area contributed by atoms with Gasteiger partial charge in [0.15, 0.2) is 0 Å². The monoisotopic (exact) mass is 271 g/mol. The first-order valence-electron chi connectivity index (χ1n) is 6.48. The molecule has 0 saturated carbocycles. The summed E-state index contributed by atoms with van der Waals surface area (Å²) in [5.41, 5.74) is 2.99. The number of aryl methyl sites for hydroxylation is 3. The van der Waals surface area contributed by atoms with Crippen LogP contribution in [-0.2, 0) is 13.0 Å². The Balaban J connectivity index is 2.15. The SMILES string of the molecule is Cc1ccc(C)n(CCc2ccc(C(=O)O)cc2)c1=O. The Labute approximate surface area is 117 Å². The predicted octanol–water partition coefficient (Wildman–Crippen LogP) is 2.41. The van der Waals surface area contributed by atoms with Crippen LogP contribution in [0.5, 0.6) is 0 Å². The van der Waals surface area contributed by atoms with Crippen LogP contribution in [0.3, 0.4) is 0 Å². The molecule has 0 amide bonds. The molecule has 0 saturated heterocycles. The highest BCUT2D eigenvalue weighted by atomic mass is 16.4. The highest BCUT2D eigenvalue weighted by molar-refractivity contribution is 5.87. The summed E-state index contributed by atoms with van der Waals surface area (Å²) in [4.78, 5) is 22.8. The summed E-state index contributed by atoms with van der Waals surface area (Å²) in [6.07, 6.45) is 0.699. The molecule has 0 aliphatic rings. The Morgan fingerprint density at radius 3 is 2.35 bits per heavy atom. The van der Waals surface area contributed by atoms with Crippen molar-refractivity contribution in [2.75, 3.05) is 0 Å². The van der Waals surface area contributed by atoms with Crippen LogP contribution < -0.4 is 5.56 Å². The van der Waals surface area contributed by atoms with E-state index in [-0.39, 0.29) is 11.1 Å². The van der Waals surface area contributed by atoms with Crippen molar-refractivity contribution in [2.24, 2.45) is 0 Å². The van der Waals surface area contributed by atoms with E-state index < -0.39 is 5.97 Å². The first-order valence-corrected chi connectivity index (χ1v) is 6.48. The summed E-state index contributed by atoms with van der Waals surface area (Å²) in [5.74, 6) is -0.928. The zero-order chi connectivity index (χ0) is 14.7. The van der Waals surface area contributed by atoms with Crippen LogP contribution in [0.25, 0.3) is 0 Å². The molecular formula is C16H17NO3. The average Bonchev–Trinajstić information content (AvgIpc) is 2.43. The van der Waals surface area contributed by atoms with Crippen molar-refractivity contribution < 1.29 is 9.90 Å². The molecule has 0 radical (unpaired) electrons. The van der Waals surface area contributed by atoms with E-state index in [4.69, 9.17) is 5.11 Å². The van der Waals surface area contributed by atoms with Crippen molar-refractivity contribution in [1.29, 1.82) is 0 Å². The summed E-state index contributed by atoms with van der Waals surface area (Å²) in [6.45, 7) is 4.31. The van der Waals surface area contributed by atoms with Crippen molar-refractivity contribution in [2.45, 2.75) is 26.8 Å². The highest BCUT2D eigenvalue weighted by Gasteiger charge is 2.05. The minimum Gasteiger partial charge on any atom is -0.478 e. The lowest BCUT2D eigenvalue weighted by Crippen LogP contribution is -2.24. The number of carboxylic acid groups (broad SMARTS) is 1. The van der Waals surface area contributed by atoms with Gasteiger partial charge in [0.05, 0.1) is 5.56 Å². The number of aromatic carboxylic acids is 1. The molecule has 0 aliphatic carbocycles. The lowest BCUT2D eigenvalue weighted by molar-refractivity contribution is 0.0697. The molecular weight excluding hydrogens is 254 g/mol. The molecule has 20 heavy (non-hydrogen) atoms. The maximum Gasteiger partial charge on any atom is 0.335 e. The third kappa shape index (κ3) is 2.96. The lowest BCUT2D eigenvalue weighted by Gasteiger charge is -2.10. The van der Waals surface area contributed by atoms with Crippen molar-refractivity contribution in [3.8, 4) is 0 Å². The van der Waals surface area contributed by atoms with E-state index in [9.17, 15) is 9.59 Å². The quantitative estimate of drug-likeness (QED) is 0.929. The summed E-state index contributed by atoms with van der Waals surface area (Å²) in [6, 6.07) is 10.5. The van der Waals surface area contributed by atoms with Gasteiger partial charge in [0, 0.05) is 17.8 Å². The number of hydrogen-bond acceptors (Lipinski definition) is 2. The number of carboxylic acids is 1. The van der Waals surface area contributed by atoms with Crippen molar-refractivity contribution in [1.82, 2.24) is 4.57 Å². The van der Waals surface area contributed by atoms with Gasteiger partial charge in [-0.25, -0.2) is 4.79 Å². The van der Waals surface area contributed by atoms with Crippen LogP contribution in [0.4, 0.5) is 0 Å². The molecule has 4 nitrogen and oxygen atoms in total. The fourth-order valence-corrected chi connectivity index (χ4v) is 2.11. The Morgan fingerprint density at radius 1 is 1.10 bits per heavy atom. The first kappa shape index (κ1) is 14.1. The molecule has 2 aromatic rings. The highest BCUT2D eigenvalue weighted by Crippen LogP contribution is 2.07. The molecule has 2 rings (SSSR count). The normalized spacial score (nSPS) is 10.5. The van der Waals surface area contributed by atoms with E-state index in [0.29, 0.717) is 13.0 Å². The molecule has 1 heterocycles. The fraction of sp³-hybridized carbons (Fsp3) is 0.250. The van der Waals surface area contributed by atoms with Gasteiger partial charge >= 0.3 is 5.97 Å². The van der Waals surface area contributed by atoms with Crippen molar-refractivity contribution >= 4 is 5.97 Å². The second-order valence-corrected chi connectivity index (χ2v) is 4.87. The van der Waals surface area contributed by atoms with Crippen LogP contribution in [0.15, 0.2) is 41.2 Å². The van der Waals surface area contributed by atoms with Gasteiger partial charge in [0.1, 0.15) is 0 Å². The summed E-state index contributed by atoms with van der Waals surface area (Å²) in [5, 5.41) is 8.84. The number of carbonyl (C=O) groups is 1. The molecule has 0 spiro atoms. The number of aromatic nitrogens is 1. The van der Waals surface area contributed by atoms with E-state index in [1.807, 2.05) is 19.1 Å². The maximum absolute atomic E-state index is 12.0. The van der Waals surface area contributed by atoms with Gasteiger partial charge in [-0.2, -0.15) is 0 Å². The zero-order valence-electron chi connectivity index (χ0n) is 11.6. The van der Waals surface area contributed by atoms with Gasteiger partial charge in [-0.3, -0.25) is 4.79 Å². The van der Waals surface area contributed by atoms with Crippen molar-refractivity contribution in [3.05, 3.63) is 69.1 Å². The third-order valence-corrected chi connectivity index (χ3v) is 3.41. The molecule has 0 fully saturated rings. The number of nitrogens with zero attached hydrogens (tertiary/aromatic N) is 1. The third-order valence-electron chi connectivity index (χ3n) is 3.41. The van der Waals surface area contributed by atoms with E-state index in [0.717, 1.165) is 16.8 Å². The summed E-state index contributed by atoms with van der Waals surface area (Å²) >= 11 is 0. The van der Waals surface area contributed by atoms with Gasteiger partial charge in [-0.1, -0.05) is 18.2 Å². The Hall–Kier alpha value is -2.36. The second kappa shape index (κ2) is 5.74. The summed E-state index contributed by atoms with van der Waals surface area (Å²) < 4.78 is 1.75. The minimum atomic E-state index is -0.928. The van der Waals surface area contributed by atoms with Gasteiger partial charge < -0.3 is 9.67 Å². The maximum atomic E-state index is 12.0. The van der Waals surface area contributed by atoms with Crippen LogP contribution in [-0.4, -0.2) is 15.6 Å². The van der Waals surface area contributed by atoms with Gasteiger partial charge in [-0.05, 0) is 44.0 Å². The Kier molecular flexibility index (Phi) is 4.03. The standard InChI is InChI=1S/C16H17NO3/c1-11-3-4-12(2)17(15(11)18)10-9-13-5-7-14(8-6-13)16(19)20/h3-8H,9-10H2,1-2H3,(H,19,20). The second-order valence-electron chi connectivity index (χ2n) is 4.87. The fourth-order valence-electron chi connectivity index (χ4n) is 2.11. The number of hydrogen-bond donors (Lipinski definition) is 1. The first-order chi connectivity index (χ1) is 9.49. The van der Waals surface area contributed by atoms with E-state index in [2.05, 4.69) is 0 Å². The predicted molar refractivity (Wildman–Crippen MR) is 77.3 cm³/mol. The summed E-state index contributed by atoms with van der Waals surface area (Å²) in [7, 11) is 0. The van der Waals surface area contributed by atoms with E-state index in [1.165, 1.54) is 0 Å². The number of benzene rings is 1. The van der Waals surface area contributed by atoms with Crippen LogP contribution in [0, 0.1) is 13.8 Å². The molecule has 4 heteroatoms. The Bertz CT molecular complexity index is 684.